The molecule has 0 amide bonds. The van der Waals surface area contributed by atoms with Crippen LogP contribution in [0.25, 0.3) is 0 Å². The first kappa shape index (κ1) is 16.0. The molecule has 0 aromatic heterocycles. The van der Waals surface area contributed by atoms with Gasteiger partial charge in [0.15, 0.2) is 0 Å². The van der Waals surface area contributed by atoms with Crippen LogP contribution in [0.5, 0.6) is 0 Å². The van der Waals surface area contributed by atoms with Crippen LogP contribution < -0.4 is 0 Å². The molecule has 6 unspecified atom stereocenters. The van der Waals surface area contributed by atoms with Crippen LogP contribution in [-0.4, -0.2) is 34.9 Å². The number of carbonyl (C=O) groups excluding carboxylic acids is 2. The van der Waals surface area contributed by atoms with Crippen molar-refractivity contribution in [1.82, 2.24) is 0 Å². The minimum Gasteiger partial charge on any atom is -0.458 e. The zero-order chi connectivity index (χ0) is 17.2. The van der Waals surface area contributed by atoms with Crippen molar-refractivity contribution in [2.45, 2.75) is 45.5 Å². The number of esters is 2. The SMILES string of the molecule is C=C1C(=O)OC2C1C(OC(C)=O)C=C(C)C1(C)C=CC(C)(O)C21. The molecule has 23 heavy (non-hydrogen) atoms. The Bertz CT molecular complexity index is 656. The minimum atomic E-state index is -1.12. The molecule has 1 N–H and O–H groups in total. The van der Waals surface area contributed by atoms with E-state index in [0.29, 0.717) is 0 Å². The van der Waals surface area contributed by atoms with E-state index in [-0.39, 0.29) is 11.5 Å². The third-order valence-electron chi connectivity index (χ3n) is 5.55. The molecule has 0 aromatic carbocycles. The molecular formula is C18H22O5. The molecule has 1 saturated heterocycles. The van der Waals surface area contributed by atoms with Gasteiger partial charge >= 0.3 is 11.9 Å². The van der Waals surface area contributed by atoms with Gasteiger partial charge < -0.3 is 14.6 Å². The van der Waals surface area contributed by atoms with Gasteiger partial charge in [0.2, 0.25) is 0 Å². The molecule has 5 nitrogen and oxygen atoms in total. The van der Waals surface area contributed by atoms with Gasteiger partial charge in [-0.15, -0.1) is 0 Å². The summed E-state index contributed by atoms with van der Waals surface area (Å²) < 4.78 is 11.0. The van der Waals surface area contributed by atoms with Crippen molar-refractivity contribution >= 4 is 11.9 Å². The van der Waals surface area contributed by atoms with Crippen molar-refractivity contribution in [2.24, 2.45) is 17.3 Å². The maximum atomic E-state index is 12.1. The summed E-state index contributed by atoms with van der Waals surface area (Å²) in [4.78, 5) is 23.6. The highest BCUT2D eigenvalue weighted by Gasteiger charge is 2.61. The summed E-state index contributed by atoms with van der Waals surface area (Å²) in [5.74, 6) is -1.76. The molecule has 0 spiro atoms. The van der Waals surface area contributed by atoms with E-state index in [2.05, 4.69) is 6.58 Å². The van der Waals surface area contributed by atoms with Crippen LogP contribution in [-0.2, 0) is 19.1 Å². The normalized spacial score (nSPS) is 45.0. The molecule has 1 fully saturated rings. The fourth-order valence-corrected chi connectivity index (χ4v) is 4.30. The number of hydrogen-bond acceptors (Lipinski definition) is 5. The highest BCUT2D eigenvalue weighted by atomic mass is 16.6. The van der Waals surface area contributed by atoms with Crippen LogP contribution in [0.1, 0.15) is 27.7 Å². The molecule has 0 aromatic rings. The summed E-state index contributed by atoms with van der Waals surface area (Å²) in [6.45, 7) is 10.8. The number of allylic oxidation sites excluding steroid dienone is 2. The molecule has 0 saturated carbocycles. The second-order valence-electron chi connectivity index (χ2n) is 7.16. The Balaban J connectivity index is 2.16. The first-order valence-electron chi connectivity index (χ1n) is 7.76. The van der Waals surface area contributed by atoms with E-state index in [4.69, 9.17) is 9.47 Å². The standard InChI is InChI=1S/C18H22O5/c1-9-8-12(22-11(3)19)13-10(2)16(20)23-14(13)15-17(9,4)6-7-18(15,5)21/h6-8,12-15,21H,2H2,1,3-5H3. The topological polar surface area (TPSA) is 72.8 Å². The lowest BCUT2D eigenvalue weighted by Gasteiger charge is -2.40. The van der Waals surface area contributed by atoms with Gasteiger partial charge in [0.05, 0.1) is 11.5 Å². The number of carbonyl (C=O) groups is 2. The fourth-order valence-electron chi connectivity index (χ4n) is 4.30. The van der Waals surface area contributed by atoms with Crippen LogP contribution >= 0.6 is 0 Å². The van der Waals surface area contributed by atoms with E-state index in [1.165, 1.54) is 6.92 Å². The van der Waals surface area contributed by atoms with Crippen molar-refractivity contribution in [3.8, 4) is 0 Å². The van der Waals surface area contributed by atoms with Gasteiger partial charge in [-0.1, -0.05) is 31.2 Å². The Morgan fingerprint density at radius 1 is 1.39 bits per heavy atom. The number of aliphatic hydroxyl groups is 1. The molecule has 1 heterocycles. The van der Waals surface area contributed by atoms with Crippen molar-refractivity contribution < 1.29 is 24.2 Å². The highest BCUT2D eigenvalue weighted by Crippen LogP contribution is 2.56. The zero-order valence-electron chi connectivity index (χ0n) is 13.8. The van der Waals surface area contributed by atoms with Crippen LogP contribution in [0.15, 0.2) is 36.0 Å². The fraction of sp³-hybridized carbons (Fsp3) is 0.556. The smallest absolute Gasteiger partial charge is 0.334 e. The first-order chi connectivity index (χ1) is 10.6. The predicted molar refractivity (Wildman–Crippen MR) is 83.2 cm³/mol. The number of hydrogen-bond donors (Lipinski definition) is 1. The summed E-state index contributed by atoms with van der Waals surface area (Å²) in [6.07, 6.45) is 4.35. The summed E-state index contributed by atoms with van der Waals surface area (Å²) in [6, 6.07) is 0. The Hall–Kier alpha value is -1.88. The molecule has 3 rings (SSSR count). The van der Waals surface area contributed by atoms with Crippen molar-refractivity contribution in [1.29, 1.82) is 0 Å². The van der Waals surface area contributed by atoms with Gasteiger partial charge in [-0.3, -0.25) is 4.79 Å². The average Bonchev–Trinajstić information content (AvgIpc) is 2.80. The summed E-state index contributed by atoms with van der Waals surface area (Å²) in [7, 11) is 0. The lowest BCUT2D eigenvalue weighted by Crippen LogP contribution is -2.48. The Morgan fingerprint density at radius 2 is 2.04 bits per heavy atom. The molecule has 124 valence electrons. The van der Waals surface area contributed by atoms with E-state index < -0.39 is 41.1 Å². The number of rotatable bonds is 1. The third kappa shape index (κ3) is 2.17. The average molecular weight is 318 g/mol. The Morgan fingerprint density at radius 3 is 2.65 bits per heavy atom. The van der Waals surface area contributed by atoms with Crippen LogP contribution in [0.3, 0.4) is 0 Å². The van der Waals surface area contributed by atoms with Gasteiger partial charge in [0.1, 0.15) is 12.2 Å². The van der Waals surface area contributed by atoms with E-state index in [1.54, 1.807) is 13.0 Å². The monoisotopic (exact) mass is 318 g/mol. The highest BCUT2D eigenvalue weighted by molar-refractivity contribution is 5.91. The van der Waals surface area contributed by atoms with Gasteiger partial charge in [0.25, 0.3) is 0 Å². The molecule has 2 aliphatic carbocycles. The van der Waals surface area contributed by atoms with Crippen molar-refractivity contribution in [3.63, 3.8) is 0 Å². The molecule has 0 bridgehead atoms. The molecule has 0 radical (unpaired) electrons. The van der Waals surface area contributed by atoms with Gasteiger partial charge in [-0.25, -0.2) is 4.79 Å². The van der Waals surface area contributed by atoms with E-state index in [1.807, 2.05) is 26.0 Å². The summed E-state index contributed by atoms with van der Waals surface area (Å²) in [5, 5.41) is 10.8. The van der Waals surface area contributed by atoms with Crippen LogP contribution in [0.4, 0.5) is 0 Å². The maximum Gasteiger partial charge on any atom is 0.334 e. The van der Waals surface area contributed by atoms with E-state index >= 15 is 0 Å². The molecule has 3 aliphatic rings. The first-order valence-corrected chi connectivity index (χ1v) is 7.76. The predicted octanol–water partition coefficient (Wildman–Crippen LogP) is 1.92. The largest absolute Gasteiger partial charge is 0.458 e. The molecular weight excluding hydrogens is 296 g/mol. The zero-order valence-corrected chi connectivity index (χ0v) is 13.8. The van der Waals surface area contributed by atoms with Crippen molar-refractivity contribution in [2.75, 3.05) is 0 Å². The van der Waals surface area contributed by atoms with Gasteiger partial charge in [-0.2, -0.15) is 0 Å². The van der Waals surface area contributed by atoms with Crippen LogP contribution in [0, 0.1) is 17.3 Å². The van der Waals surface area contributed by atoms with E-state index in [9.17, 15) is 14.7 Å². The lowest BCUT2D eigenvalue weighted by molar-refractivity contribution is -0.152. The van der Waals surface area contributed by atoms with Crippen LogP contribution in [0.2, 0.25) is 0 Å². The Labute approximate surface area is 135 Å². The number of fused-ring (bicyclic) bond motifs is 3. The lowest BCUT2D eigenvalue weighted by atomic mass is 9.67. The van der Waals surface area contributed by atoms with Gasteiger partial charge in [-0.05, 0) is 19.9 Å². The minimum absolute atomic E-state index is 0.289. The quantitative estimate of drug-likeness (QED) is 0.454. The maximum absolute atomic E-state index is 12.1. The second-order valence-corrected chi connectivity index (χ2v) is 7.16. The number of ether oxygens (including phenoxy) is 2. The third-order valence-corrected chi connectivity index (χ3v) is 5.55. The Kier molecular flexibility index (Phi) is 3.34. The summed E-state index contributed by atoms with van der Waals surface area (Å²) >= 11 is 0. The summed E-state index contributed by atoms with van der Waals surface area (Å²) in [5.41, 5.74) is -0.340. The molecule has 5 heteroatoms. The second kappa shape index (κ2) is 4.81. The van der Waals surface area contributed by atoms with Gasteiger partial charge in [0, 0.05) is 23.8 Å². The molecule has 6 atom stereocenters. The van der Waals surface area contributed by atoms with E-state index in [0.717, 1.165) is 5.57 Å². The van der Waals surface area contributed by atoms with Crippen molar-refractivity contribution in [3.05, 3.63) is 36.0 Å². The molecule has 1 aliphatic heterocycles.